The van der Waals surface area contributed by atoms with Crippen molar-refractivity contribution in [3.05, 3.63) is 87.8 Å². The van der Waals surface area contributed by atoms with Gasteiger partial charge in [-0.3, -0.25) is 10.1 Å². The Balaban J connectivity index is 1.48. The maximum atomic E-state index is 12.6. The number of amides is 1. The van der Waals surface area contributed by atoms with Crippen LogP contribution in [0.4, 0.5) is 5.13 Å². The summed E-state index contributed by atoms with van der Waals surface area (Å²) in [5, 5.41) is 5.47. The van der Waals surface area contributed by atoms with Gasteiger partial charge in [-0.25, -0.2) is 4.98 Å². The molecule has 3 heterocycles. The number of thiazole rings is 1. The van der Waals surface area contributed by atoms with E-state index in [4.69, 9.17) is 0 Å². The zero-order valence-electron chi connectivity index (χ0n) is 13.3. The highest BCUT2D eigenvalue weighted by molar-refractivity contribution is 7.16. The van der Waals surface area contributed by atoms with E-state index in [9.17, 15) is 4.79 Å². The number of rotatable bonds is 5. The number of nitrogens with one attached hydrogen (secondary N) is 1. The van der Waals surface area contributed by atoms with Crippen LogP contribution in [-0.2, 0) is 6.42 Å². The van der Waals surface area contributed by atoms with Gasteiger partial charge in [0.15, 0.2) is 5.13 Å². The first-order valence-electron chi connectivity index (χ1n) is 7.80. The maximum absolute atomic E-state index is 12.6. The van der Waals surface area contributed by atoms with Gasteiger partial charge in [0.2, 0.25) is 0 Å². The Kier molecular flexibility index (Phi) is 4.45. The molecule has 0 bridgehead atoms. The summed E-state index contributed by atoms with van der Waals surface area (Å²) in [5.41, 5.74) is 2.12. The van der Waals surface area contributed by atoms with Crippen LogP contribution >= 0.6 is 22.7 Å². The summed E-state index contributed by atoms with van der Waals surface area (Å²) in [6, 6.07) is 16.1. The van der Waals surface area contributed by atoms with Gasteiger partial charge in [-0.15, -0.1) is 22.7 Å². The highest BCUT2D eigenvalue weighted by Crippen LogP contribution is 2.25. The fraction of sp³-hybridized carbons (Fsp3) is 0.0526. The molecular weight excluding hydrogens is 350 g/mol. The first-order chi connectivity index (χ1) is 12.3. The number of carbonyl (C=O) groups is 1. The minimum atomic E-state index is -0.126. The zero-order chi connectivity index (χ0) is 17.1. The topological polar surface area (TPSA) is 46.9 Å². The largest absolute Gasteiger partial charge is 0.322 e. The normalized spacial score (nSPS) is 10.7. The van der Waals surface area contributed by atoms with Gasteiger partial charge in [0.05, 0.1) is 5.69 Å². The van der Waals surface area contributed by atoms with E-state index in [1.165, 1.54) is 28.2 Å². The molecule has 25 heavy (non-hydrogen) atoms. The first-order valence-corrected chi connectivity index (χ1v) is 9.50. The number of hydrogen-bond donors (Lipinski definition) is 1. The molecule has 0 fully saturated rings. The van der Waals surface area contributed by atoms with Crippen molar-refractivity contribution >= 4 is 33.7 Å². The number of anilines is 1. The van der Waals surface area contributed by atoms with E-state index >= 15 is 0 Å². The number of carbonyl (C=O) groups excluding carboxylic acids is 1. The lowest BCUT2D eigenvalue weighted by molar-refractivity contribution is 0.103. The van der Waals surface area contributed by atoms with Gasteiger partial charge in [-0.2, -0.15) is 0 Å². The average molecular weight is 365 g/mol. The molecule has 0 unspecified atom stereocenters. The van der Waals surface area contributed by atoms with Crippen LogP contribution in [0.3, 0.4) is 0 Å². The third kappa shape index (κ3) is 3.55. The Hall–Kier alpha value is -2.70. The standard InChI is InChI=1S/C19H15N3OS2/c23-18(17-16(8-11-24-17)22-9-4-5-10-22)21-19-20-13-15(25-19)12-14-6-2-1-3-7-14/h1-11,13H,12H2,(H,20,21,23). The van der Waals surface area contributed by atoms with E-state index in [1.54, 1.807) is 0 Å². The predicted molar refractivity (Wildman–Crippen MR) is 103 cm³/mol. The molecule has 4 aromatic rings. The van der Waals surface area contributed by atoms with Gasteiger partial charge >= 0.3 is 0 Å². The molecule has 0 aliphatic rings. The van der Waals surface area contributed by atoms with Crippen molar-refractivity contribution in [2.45, 2.75) is 6.42 Å². The van der Waals surface area contributed by atoms with Crippen LogP contribution in [0.5, 0.6) is 0 Å². The lowest BCUT2D eigenvalue weighted by Crippen LogP contribution is -2.12. The molecule has 6 heteroatoms. The van der Waals surface area contributed by atoms with Gasteiger partial charge in [0, 0.05) is 29.9 Å². The van der Waals surface area contributed by atoms with Crippen LogP contribution in [-0.4, -0.2) is 15.5 Å². The predicted octanol–water partition coefficient (Wildman–Crippen LogP) is 4.84. The number of nitrogens with zero attached hydrogens (tertiary/aromatic N) is 2. The van der Waals surface area contributed by atoms with Crippen molar-refractivity contribution in [1.82, 2.24) is 9.55 Å². The fourth-order valence-corrected chi connectivity index (χ4v) is 4.20. The van der Waals surface area contributed by atoms with Gasteiger partial charge in [0.25, 0.3) is 5.91 Å². The summed E-state index contributed by atoms with van der Waals surface area (Å²) in [4.78, 5) is 18.8. The molecule has 3 aromatic heterocycles. The monoisotopic (exact) mass is 365 g/mol. The summed E-state index contributed by atoms with van der Waals surface area (Å²) in [7, 11) is 0. The van der Waals surface area contributed by atoms with E-state index in [2.05, 4.69) is 22.4 Å². The molecule has 124 valence electrons. The highest BCUT2D eigenvalue weighted by atomic mass is 32.1. The lowest BCUT2D eigenvalue weighted by atomic mass is 10.1. The quantitative estimate of drug-likeness (QED) is 0.550. The Morgan fingerprint density at radius 1 is 1.08 bits per heavy atom. The van der Waals surface area contributed by atoms with E-state index < -0.39 is 0 Å². The summed E-state index contributed by atoms with van der Waals surface area (Å²) < 4.78 is 1.94. The van der Waals surface area contributed by atoms with E-state index in [-0.39, 0.29) is 5.91 Å². The van der Waals surface area contributed by atoms with Crippen LogP contribution < -0.4 is 5.32 Å². The lowest BCUT2D eigenvalue weighted by Gasteiger charge is -2.04. The van der Waals surface area contributed by atoms with Crippen molar-refractivity contribution in [2.75, 3.05) is 5.32 Å². The molecule has 0 saturated carbocycles. The molecule has 0 radical (unpaired) electrons. The second-order valence-corrected chi connectivity index (χ2v) is 7.50. The SMILES string of the molecule is O=C(Nc1ncc(Cc2ccccc2)s1)c1sccc1-n1cccc1. The van der Waals surface area contributed by atoms with Crippen LogP contribution in [0.15, 0.2) is 72.5 Å². The molecule has 1 N–H and O–H groups in total. The summed E-state index contributed by atoms with van der Waals surface area (Å²) in [6.07, 6.45) is 6.51. The van der Waals surface area contributed by atoms with Crippen molar-refractivity contribution in [1.29, 1.82) is 0 Å². The minimum absolute atomic E-state index is 0.126. The van der Waals surface area contributed by atoms with Crippen molar-refractivity contribution in [2.24, 2.45) is 0 Å². The number of hydrogen-bond acceptors (Lipinski definition) is 4. The Bertz CT molecular complexity index is 971. The third-order valence-corrected chi connectivity index (χ3v) is 5.54. The van der Waals surface area contributed by atoms with Crippen molar-refractivity contribution < 1.29 is 4.79 Å². The number of benzene rings is 1. The van der Waals surface area contributed by atoms with Crippen LogP contribution in [0.2, 0.25) is 0 Å². The molecule has 4 rings (SSSR count). The molecule has 0 spiro atoms. The molecule has 0 atom stereocenters. The second-order valence-electron chi connectivity index (χ2n) is 5.47. The smallest absolute Gasteiger partial charge is 0.269 e. The molecule has 0 aliphatic carbocycles. The molecule has 0 saturated heterocycles. The maximum Gasteiger partial charge on any atom is 0.269 e. The summed E-state index contributed by atoms with van der Waals surface area (Å²) >= 11 is 2.94. The summed E-state index contributed by atoms with van der Waals surface area (Å²) in [5.74, 6) is -0.126. The van der Waals surface area contributed by atoms with Crippen molar-refractivity contribution in [3.63, 3.8) is 0 Å². The van der Waals surface area contributed by atoms with E-state index in [1.807, 2.05) is 64.9 Å². The Morgan fingerprint density at radius 3 is 2.68 bits per heavy atom. The molecule has 1 aromatic carbocycles. The average Bonchev–Trinajstić information content (AvgIpc) is 3.37. The molecule has 4 nitrogen and oxygen atoms in total. The van der Waals surface area contributed by atoms with Gasteiger partial charge < -0.3 is 4.57 Å². The van der Waals surface area contributed by atoms with Crippen LogP contribution in [0.25, 0.3) is 5.69 Å². The summed E-state index contributed by atoms with van der Waals surface area (Å²) in [6.45, 7) is 0. The Labute approximate surface area is 153 Å². The van der Waals surface area contributed by atoms with Crippen molar-refractivity contribution in [3.8, 4) is 5.69 Å². The molecule has 1 amide bonds. The molecule has 0 aliphatic heterocycles. The first kappa shape index (κ1) is 15.8. The third-order valence-electron chi connectivity index (χ3n) is 3.73. The number of thiophene rings is 1. The van der Waals surface area contributed by atoms with Gasteiger partial charge in [-0.1, -0.05) is 30.3 Å². The van der Waals surface area contributed by atoms with Gasteiger partial charge in [-0.05, 0) is 29.1 Å². The van der Waals surface area contributed by atoms with E-state index in [0.717, 1.165) is 17.0 Å². The fourth-order valence-electron chi connectivity index (χ4n) is 2.57. The Morgan fingerprint density at radius 2 is 1.88 bits per heavy atom. The minimum Gasteiger partial charge on any atom is -0.322 e. The van der Waals surface area contributed by atoms with E-state index in [0.29, 0.717) is 10.0 Å². The zero-order valence-corrected chi connectivity index (χ0v) is 14.9. The van der Waals surface area contributed by atoms with Crippen LogP contribution in [0.1, 0.15) is 20.1 Å². The highest BCUT2D eigenvalue weighted by Gasteiger charge is 2.16. The van der Waals surface area contributed by atoms with Crippen LogP contribution in [0, 0.1) is 0 Å². The number of aromatic nitrogens is 2. The second kappa shape index (κ2) is 7.04. The molecular formula is C19H15N3OS2. The van der Waals surface area contributed by atoms with Gasteiger partial charge in [0.1, 0.15) is 4.88 Å².